The summed E-state index contributed by atoms with van der Waals surface area (Å²) in [7, 11) is 0. The van der Waals surface area contributed by atoms with Gasteiger partial charge in [0, 0.05) is 49.7 Å². The highest BCUT2D eigenvalue weighted by Gasteiger charge is 2.28. The third kappa shape index (κ3) is 3.29. The average Bonchev–Trinajstić information content (AvgIpc) is 3.20. The van der Waals surface area contributed by atoms with Crippen LogP contribution in [0.25, 0.3) is 0 Å². The van der Waals surface area contributed by atoms with Gasteiger partial charge in [0.1, 0.15) is 5.82 Å². The second-order valence-corrected chi connectivity index (χ2v) is 6.98. The second kappa shape index (κ2) is 7.52. The molecule has 5 rings (SSSR count). The van der Waals surface area contributed by atoms with Gasteiger partial charge in [-0.05, 0) is 30.7 Å². The Morgan fingerprint density at radius 3 is 2.68 bits per heavy atom. The van der Waals surface area contributed by atoms with Crippen molar-refractivity contribution in [2.24, 2.45) is 0 Å². The molecule has 0 bridgehead atoms. The summed E-state index contributed by atoms with van der Waals surface area (Å²) in [5.74, 6) is 1.78. The number of hydrogen-bond donors (Lipinski definition) is 0. The van der Waals surface area contributed by atoms with E-state index in [2.05, 4.69) is 31.9 Å². The van der Waals surface area contributed by atoms with E-state index in [0.717, 1.165) is 54.9 Å². The van der Waals surface area contributed by atoms with Crippen LogP contribution < -0.4 is 9.80 Å². The zero-order valence-corrected chi connectivity index (χ0v) is 15.7. The molecule has 0 atom stereocenters. The quantitative estimate of drug-likeness (QED) is 0.695. The predicted octanol–water partition coefficient (Wildman–Crippen LogP) is 2.39. The molecule has 0 unspecified atom stereocenters. The molecule has 0 N–H and O–H groups in total. The van der Waals surface area contributed by atoms with Crippen LogP contribution in [0.1, 0.15) is 17.0 Å². The first-order chi connectivity index (χ1) is 13.9. The molecule has 142 valence electrons. The summed E-state index contributed by atoms with van der Waals surface area (Å²) >= 11 is 0. The van der Waals surface area contributed by atoms with Crippen LogP contribution in [-0.4, -0.2) is 52.8 Å². The average molecular weight is 374 g/mol. The maximum absolute atomic E-state index is 5.50. The van der Waals surface area contributed by atoms with Gasteiger partial charge in [-0.25, -0.2) is 4.98 Å². The van der Waals surface area contributed by atoms with Crippen molar-refractivity contribution in [2.45, 2.75) is 12.8 Å². The molecule has 0 radical (unpaired) electrons. The van der Waals surface area contributed by atoms with Crippen molar-refractivity contribution in [3.05, 3.63) is 65.9 Å². The van der Waals surface area contributed by atoms with Crippen LogP contribution in [0.15, 0.2) is 48.9 Å². The number of hydrogen-bond acceptors (Lipinski definition) is 7. The van der Waals surface area contributed by atoms with Gasteiger partial charge in [0.15, 0.2) is 0 Å². The lowest BCUT2D eigenvalue weighted by molar-refractivity contribution is 0.122. The Balaban J connectivity index is 1.57. The number of anilines is 3. The molecule has 0 aliphatic carbocycles. The molecule has 0 amide bonds. The van der Waals surface area contributed by atoms with E-state index >= 15 is 0 Å². The second-order valence-electron chi connectivity index (χ2n) is 6.98. The van der Waals surface area contributed by atoms with Crippen molar-refractivity contribution < 1.29 is 4.74 Å². The fraction of sp³-hybridized carbons (Fsp3) is 0.333. The standard InChI is InChI=1S/C21H22N6O/c1-2-8-23-16(4-1)14-19-18-6-9-27(17-5-3-7-22-15-17)20(18)25-21(24-19)26-10-12-28-13-11-26/h1-5,7-8,15H,6,9-14H2. The van der Waals surface area contributed by atoms with E-state index in [-0.39, 0.29) is 0 Å². The molecule has 28 heavy (non-hydrogen) atoms. The van der Waals surface area contributed by atoms with E-state index in [1.165, 1.54) is 5.56 Å². The third-order valence-corrected chi connectivity index (χ3v) is 5.23. The van der Waals surface area contributed by atoms with Gasteiger partial charge in [0.25, 0.3) is 0 Å². The summed E-state index contributed by atoms with van der Waals surface area (Å²) in [6.07, 6.45) is 7.16. The maximum Gasteiger partial charge on any atom is 0.227 e. The molecular weight excluding hydrogens is 352 g/mol. The van der Waals surface area contributed by atoms with E-state index in [0.29, 0.717) is 19.6 Å². The third-order valence-electron chi connectivity index (χ3n) is 5.23. The topological polar surface area (TPSA) is 67.3 Å². The molecule has 3 aromatic heterocycles. The Hall–Kier alpha value is -3.06. The van der Waals surface area contributed by atoms with Crippen LogP contribution >= 0.6 is 0 Å². The zero-order valence-electron chi connectivity index (χ0n) is 15.7. The normalized spacial score (nSPS) is 16.3. The molecule has 0 saturated carbocycles. The Morgan fingerprint density at radius 1 is 0.964 bits per heavy atom. The van der Waals surface area contributed by atoms with Crippen molar-refractivity contribution >= 4 is 17.5 Å². The van der Waals surface area contributed by atoms with Crippen molar-refractivity contribution in [1.82, 2.24) is 19.9 Å². The highest BCUT2D eigenvalue weighted by Crippen LogP contribution is 2.36. The number of aromatic nitrogens is 4. The zero-order chi connectivity index (χ0) is 18.8. The van der Waals surface area contributed by atoms with E-state index in [1.54, 1.807) is 6.20 Å². The maximum atomic E-state index is 5.50. The van der Waals surface area contributed by atoms with Crippen LogP contribution in [-0.2, 0) is 17.6 Å². The van der Waals surface area contributed by atoms with Crippen molar-refractivity contribution in [2.75, 3.05) is 42.6 Å². The summed E-state index contributed by atoms with van der Waals surface area (Å²) in [4.78, 5) is 23.2. The fourth-order valence-electron chi connectivity index (χ4n) is 3.80. The summed E-state index contributed by atoms with van der Waals surface area (Å²) in [6, 6.07) is 10.1. The monoisotopic (exact) mass is 374 g/mol. The predicted molar refractivity (Wildman–Crippen MR) is 107 cm³/mol. The van der Waals surface area contributed by atoms with Gasteiger partial charge >= 0.3 is 0 Å². The number of rotatable bonds is 4. The van der Waals surface area contributed by atoms with Crippen molar-refractivity contribution in [3.8, 4) is 0 Å². The lowest BCUT2D eigenvalue weighted by Gasteiger charge is -2.28. The van der Waals surface area contributed by atoms with E-state index in [1.807, 2.05) is 30.6 Å². The van der Waals surface area contributed by atoms with E-state index < -0.39 is 0 Å². The minimum atomic E-state index is 0.711. The number of fused-ring (bicyclic) bond motifs is 1. The lowest BCUT2D eigenvalue weighted by Crippen LogP contribution is -2.37. The smallest absolute Gasteiger partial charge is 0.227 e. The summed E-state index contributed by atoms with van der Waals surface area (Å²) in [6.45, 7) is 3.94. The Kier molecular flexibility index (Phi) is 4.58. The Labute approximate surface area is 164 Å². The van der Waals surface area contributed by atoms with Crippen LogP contribution in [0.2, 0.25) is 0 Å². The molecule has 2 aliphatic rings. The number of morpholine rings is 1. The molecule has 0 spiro atoms. The molecule has 1 saturated heterocycles. The van der Waals surface area contributed by atoms with Crippen molar-refractivity contribution in [3.63, 3.8) is 0 Å². The molecule has 7 heteroatoms. The molecule has 1 fully saturated rings. The van der Waals surface area contributed by atoms with E-state index in [4.69, 9.17) is 14.7 Å². The fourth-order valence-corrected chi connectivity index (χ4v) is 3.80. The van der Waals surface area contributed by atoms with Crippen LogP contribution in [0.5, 0.6) is 0 Å². The summed E-state index contributed by atoms with van der Waals surface area (Å²) in [5.41, 5.74) is 4.37. The van der Waals surface area contributed by atoms with Crippen LogP contribution in [0.3, 0.4) is 0 Å². The molecular formula is C21H22N6O. The van der Waals surface area contributed by atoms with Crippen molar-refractivity contribution in [1.29, 1.82) is 0 Å². The Bertz CT molecular complexity index is 944. The highest BCUT2D eigenvalue weighted by atomic mass is 16.5. The van der Waals surface area contributed by atoms with Gasteiger partial charge in [0.05, 0.1) is 30.8 Å². The van der Waals surface area contributed by atoms with Crippen LogP contribution in [0.4, 0.5) is 17.5 Å². The van der Waals surface area contributed by atoms with Crippen LogP contribution in [0, 0.1) is 0 Å². The number of ether oxygens (including phenoxy) is 1. The number of nitrogens with zero attached hydrogens (tertiary/aromatic N) is 6. The molecule has 0 aromatic carbocycles. The molecule has 3 aromatic rings. The summed E-state index contributed by atoms with van der Waals surface area (Å²) < 4.78 is 5.50. The molecule has 7 nitrogen and oxygen atoms in total. The largest absolute Gasteiger partial charge is 0.378 e. The molecule has 2 aliphatic heterocycles. The Morgan fingerprint density at radius 2 is 1.89 bits per heavy atom. The van der Waals surface area contributed by atoms with E-state index in [9.17, 15) is 0 Å². The van der Waals surface area contributed by atoms with Gasteiger partial charge in [-0.2, -0.15) is 4.98 Å². The first kappa shape index (κ1) is 17.1. The number of pyridine rings is 2. The van der Waals surface area contributed by atoms with Gasteiger partial charge < -0.3 is 14.5 Å². The van der Waals surface area contributed by atoms with Gasteiger partial charge in [-0.3, -0.25) is 9.97 Å². The van der Waals surface area contributed by atoms with Gasteiger partial charge in [-0.15, -0.1) is 0 Å². The van der Waals surface area contributed by atoms with Gasteiger partial charge in [-0.1, -0.05) is 6.07 Å². The lowest BCUT2D eigenvalue weighted by atomic mass is 10.1. The SMILES string of the molecule is c1ccc(Cc2nc(N3CCOCC3)nc3c2CCN3c2cccnc2)nc1. The highest BCUT2D eigenvalue weighted by molar-refractivity contribution is 5.68. The molecule has 5 heterocycles. The first-order valence-corrected chi connectivity index (χ1v) is 9.68. The first-order valence-electron chi connectivity index (χ1n) is 9.68. The summed E-state index contributed by atoms with van der Waals surface area (Å²) in [5, 5.41) is 0. The van der Waals surface area contributed by atoms with Gasteiger partial charge in [0.2, 0.25) is 5.95 Å². The minimum absolute atomic E-state index is 0.711. The minimum Gasteiger partial charge on any atom is -0.378 e.